The van der Waals surface area contributed by atoms with Gasteiger partial charge < -0.3 is 14.8 Å². The predicted octanol–water partition coefficient (Wildman–Crippen LogP) is 3.18. The molecule has 10 nitrogen and oxygen atoms in total. The van der Waals surface area contributed by atoms with E-state index in [4.69, 9.17) is 19.6 Å². The molecule has 1 fully saturated rings. The van der Waals surface area contributed by atoms with Crippen molar-refractivity contribution in [2.24, 2.45) is 21.3 Å². The molecule has 3 unspecified atom stereocenters. The molecule has 0 radical (unpaired) electrons. The van der Waals surface area contributed by atoms with Crippen LogP contribution in [-0.2, 0) is 40.5 Å². The Morgan fingerprint density at radius 2 is 2.11 bits per heavy atom. The molecule has 2 aromatic rings. The number of methoxy groups -OCH3 is 1. The summed E-state index contributed by atoms with van der Waals surface area (Å²) in [6.07, 6.45) is 8.43. The van der Waals surface area contributed by atoms with Gasteiger partial charge in [0.15, 0.2) is 9.92 Å². The van der Waals surface area contributed by atoms with Gasteiger partial charge in [-0.05, 0) is 67.9 Å². The summed E-state index contributed by atoms with van der Waals surface area (Å²) in [5.41, 5.74) is 5.06. The zero-order valence-corrected chi connectivity index (χ0v) is 21.0. The van der Waals surface area contributed by atoms with E-state index >= 15 is 0 Å². The molecule has 3 heterocycles. The van der Waals surface area contributed by atoms with Crippen molar-refractivity contribution in [1.29, 1.82) is 0 Å². The average Bonchev–Trinajstić information content (AvgIpc) is 3.51. The number of nitrogens with zero attached hydrogens (tertiary/aromatic N) is 4. The first kappa shape index (κ1) is 22.9. The van der Waals surface area contributed by atoms with Crippen molar-refractivity contribution in [3.8, 4) is 5.88 Å². The van der Waals surface area contributed by atoms with E-state index in [1.165, 1.54) is 6.20 Å². The van der Waals surface area contributed by atoms with Gasteiger partial charge in [0.1, 0.15) is 4.90 Å². The number of ether oxygens (including phenoxy) is 2. The molecule has 4 aliphatic rings. The summed E-state index contributed by atoms with van der Waals surface area (Å²) in [4.78, 5) is 18.0. The number of anilines is 1. The number of fused-ring (bicyclic) bond motifs is 3. The number of rotatable bonds is 4. The molecule has 1 aliphatic heterocycles. The average molecular weight is 501 g/mol. The van der Waals surface area contributed by atoms with Crippen molar-refractivity contribution in [1.82, 2.24) is 14.8 Å². The highest BCUT2D eigenvalue weighted by atomic mass is 32.2. The van der Waals surface area contributed by atoms with Gasteiger partial charge in [0.05, 0.1) is 31.1 Å². The minimum atomic E-state index is -3.54. The maximum Gasteiger partial charge on any atom is 0.354 e. The Hall–Kier alpha value is -2.50. The standard InChI is InChI=1S/C24H32N6O4S/c1-13-6-7-18-21(13)27-19-5-3-4-17(19)22(18)28-24(31)29-35(25,32)20-10-26-30-11-15(12-34-23(20)30)14-8-16(9-14)33-2/h10,13-16H,3-9,11-12H2,1-2H3,(H3,25,27,28,29,31,32). The molecule has 0 spiro atoms. The molecule has 3 aliphatic carbocycles. The van der Waals surface area contributed by atoms with E-state index < -0.39 is 15.9 Å². The Morgan fingerprint density at radius 1 is 1.29 bits per heavy atom. The zero-order chi connectivity index (χ0) is 24.3. The first-order valence-corrected chi connectivity index (χ1v) is 14.0. The smallest absolute Gasteiger partial charge is 0.354 e. The van der Waals surface area contributed by atoms with Gasteiger partial charge in [-0.2, -0.15) is 5.10 Å². The number of nitrogens with one attached hydrogen (secondary N) is 1. The molecule has 35 heavy (non-hydrogen) atoms. The van der Waals surface area contributed by atoms with Crippen LogP contribution >= 0.6 is 0 Å². The number of hydrogen-bond acceptors (Lipinski definition) is 6. The van der Waals surface area contributed by atoms with E-state index in [1.807, 2.05) is 0 Å². The molecular formula is C24H32N6O4S. The summed E-state index contributed by atoms with van der Waals surface area (Å²) in [6.45, 7) is 3.32. The number of urea groups is 1. The molecule has 0 saturated heterocycles. The summed E-state index contributed by atoms with van der Waals surface area (Å²) < 4.78 is 30.3. The molecule has 1 saturated carbocycles. The maximum absolute atomic E-state index is 13.4. The third-order valence-corrected chi connectivity index (χ3v) is 9.50. The highest BCUT2D eigenvalue weighted by Gasteiger charge is 2.39. The normalized spacial score (nSPS) is 28.2. The maximum atomic E-state index is 13.4. The van der Waals surface area contributed by atoms with Gasteiger partial charge in [0.2, 0.25) is 5.88 Å². The second kappa shape index (κ2) is 8.56. The van der Waals surface area contributed by atoms with Crippen molar-refractivity contribution < 1.29 is 18.5 Å². The van der Waals surface area contributed by atoms with Crippen molar-refractivity contribution >= 4 is 21.6 Å². The Labute approximate surface area is 205 Å². The number of nitrogens with two attached hydrogens (primary N) is 1. The van der Waals surface area contributed by atoms with Crippen LogP contribution in [0.5, 0.6) is 5.88 Å². The molecule has 2 amide bonds. The fourth-order valence-corrected chi connectivity index (χ4v) is 7.02. The highest BCUT2D eigenvalue weighted by molar-refractivity contribution is 7.91. The summed E-state index contributed by atoms with van der Waals surface area (Å²) in [6, 6.07) is -0.715. The lowest BCUT2D eigenvalue weighted by Crippen LogP contribution is -2.41. The van der Waals surface area contributed by atoms with Crippen LogP contribution in [-0.4, -0.2) is 44.8 Å². The number of hydrogen-bond donors (Lipinski definition) is 2. The van der Waals surface area contributed by atoms with Gasteiger partial charge in [-0.15, -0.1) is 4.36 Å². The summed E-state index contributed by atoms with van der Waals surface area (Å²) in [5, 5.41) is 13.4. The first-order chi connectivity index (χ1) is 16.8. The van der Waals surface area contributed by atoms with E-state index in [2.05, 4.69) is 21.7 Å². The van der Waals surface area contributed by atoms with Crippen LogP contribution in [0.25, 0.3) is 0 Å². The van der Waals surface area contributed by atoms with Crippen LogP contribution in [0.1, 0.15) is 61.0 Å². The molecule has 2 aromatic heterocycles. The molecule has 3 atom stereocenters. The lowest BCUT2D eigenvalue weighted by atomic mass is 9.73. The monoisotopic (exact) mass is 500 g/mol. The van der Waals surface area contributed by atoms with E-state index in [1.54, 1.807) is 11.8 Å². The molecule has 188 valence electrons. The number of pyridine rings is 1. The Balaban J connectivity index is 1.23. The Morgan fingerprint density at radius 3 is 2.91 bits per heavy atom. The third-order valence-electron chi connectivity index (χ3n) is 8.15. The number of aromatic nitrogens is 3. The highest BCUT2D eigenvalue weighted by Crippen LogP contribution is 2.42. The van der Waals surface area contributed by atoms with Crippen LogP contribution < -0.4 is 15.2 Å². The largest absolute Gasteiger partial charge is 0.477 e. The molecule has 11 heteroatoms. The van der Waals surface area contributed by atoms with Gasteiger partial charge in [-0.3, -0.25) is 4.98 Å². The Kier molecular flexibility index (Phi) is 5.61. The topological polar surface area (TPSA) is 134 Å². The van der Waals surface area contributed by atoms with Gasteiger partial charge in [-0.1, -0.05) is 6.92 Å². The van der Waals surface area contributed by atoms with Gasteiger partial charge in [0.25, 0.3) is 0 Å². The van der Waals surface area contributed by atoms with Crippen LogP contribution in [0, 0.1) is 11.8 Å². The summed E-state index contributed by atoms with van der Waals surface area (Å²) >= 11 is 0. The summed E-state index contributed by atoms with van der Waals surface area (Å²) in [7, 11) is -1.80. The van der Waals surface area contributed by atoms with E-state index in [9.17, 15) is 9.00 Å². The van der Waals surface area contributed by atoms with Crippen LogP contribution in [0.2, 0.25) is 0 Å². The third kappa shape index (κ3) is 3.93. The molecule has 0 aromatic carbocycles. The quantitative estimate of drug-likeness (QED) is 0.662. The van der Waals surface area contributed by atoms with Gasteiger partial charge in [0, 0.05) is 24.4 Å². The molecule has 6 rings (SSSR count). The van der Waals surface area contributed by atoms with Crippen LogP contribution in [0.15, 0.2) is 15.5 Å². The van der Waals surface area contributed by atoms with Gasteiger partial charge in [-0.25, -0.2) is 18.8 Å². The molecule has 0 bridgehead atoms. The fraction of sp³-hybridized carbons (Fsp3) is 0.625. The molecule has 3 N–H and O–H groups in total. The van der Waals surface area contributed by atoms with E-state index in [-0.39, 0.29) is 4.90 Å². The minimum Gasteiger partial charge on any atom is -0.477 e. The van der Waals surface area contributed by atoms with Gasteiger partial charge >= 0.3 is 6.03 Å². The minimum absolute atomic E-state index is 0.160. The van der Waals surface area contributed by atoms with Crippen LogP contribution in [0.3, 0.4) is 0 Å². The Bertz CT molecular complexity index is 1310. The van der Waals surface area contributed by atoms with E-state index in [0.717, 1.165) is 73.1 Å². The number of carbonyl (C=O) groups excluding carboxylic acids is 1. The SMILES string of the molecule is COC1CC(C2COc3c(S(N)(=O)=NC(=O)Nc4c5c(nc6c4CCC6C)CCC5)cnn3C2)C1. The van der Waals surface area contributed by atoms with E-state index in [0.29, 0.717) is 42.9 Å². The fourth-order valence-electron chi connectivity index (χ4n) is 6.02. The first-order valence-electron chi connectivity index (χ1n) is 12.5. The lowest BCUT2D eigenvalue weighted by Gasteiger charge is -2.40. The number of carbonyl (C=O) groups is 1. The lowest BCUT2D eigenvalue weighted by molar-refractivity contribution is -0.0392. The second-order valence-electron chi connectivity index (χ2n) is 10.3. The summed E-state index contributed by atoms with van der Waals surface area (Å²) in [5.74, 6) is 1.54. The van der Waals surface area contributed by atoms with Crippen molar-refractivity contribution in [3.63, 3.8) is 0 Å². The second-order valence-corrected chi connectivity index (χ2v) is 12.1. The van der Waals surface area contributed by atoms with Crippen molar-refractivity contribution in [2.75, 3.05) is 19.0 Å². The van der Waals surface area contributed by atoms with Crippen molar-refractivity contribution in [2.45, 2.75) is 75.3 Å². The predicted molar refractivity (Wildman–Crippen MR) is 130 cm³/mol. The number of amides is 2. The molecular weight excluding hydrogens is 468 g/mol. The number of aryl methyl sites for hydroxylation is 1. The zero-order valence-electron chi connectivity index (χ0n) is 20.2. The van der Waals surface area contributed by atoms with Crippen LogP contribution in [0.4, 0.5) is 10.5 Å². The van der Waals surface area contributed by atoms with Crippen molar-refractivity contribution in [3.05, 3.63) is 28.7 Å².